The number of nitrogens with one attached hydrogen (secondary N) is 2. The number of thiazole rings is 1. The van der Waals surface area contributed by atoms with Gasteiger partial charge < -0.3 is 10.6 Å². The minimum Gasteiger partial charge on any atom is -0.357 e. The Morgan fingerprint density at radius 3 is 2.62 bits per heavy atom. The van der Waals surface area contributed by atoms with E-state index in [1.54, 1.807) is 0 Å². The maximum absolute atomic E-state index is 12.4. The molecule has 4 nitrogen and oxygen atoms in total. The summed E-state index contributed by atoms with van der Waals surface area (Å²) in [5.41, 5.74) is -0.817. The fourth-order valence-electron chi connectivity index (χ4n) is 1.46. The summed E-state index contributed by atoms with van der Waals surface area (Å²) in [6.45, 7) is 8.03. The Morgan fingerprint density at radius 2 is 2.10 bits per heavy atom. The highest BCUT2D eigenvalue weighted by Gasteiger charge is 2.33. The monoisotopic (exact) mass is 322 g/mol. The number of alkyl halides is 3. The lowest BCUT2D eigenvalue weighted by molar-refractivity contribution is -0.140. The van der Waals surface area contributed by atoms with Crippen LogP contribution in [0, 0.1) is 5.92 Å². The number of aliphatic imine (C=N–C) groups is 1. The van der Waals surface area contributed by atoms with E-state index in [-0.39, 0.29) is 0 Å². The van der Waals surface area contributed by atoms with Crippen molar-refractivity contribution in [3.05, 3.63) is 16.1 Å². The van der Waals surface area contributed by atoms with Crippen LogP contribution in [0.4, 0.5) is 13.2 Å². The molecule has 0 aliphatic rings. The highest BCUT2D eigenvalue weighted by Crippen LogP contribution is 2.29. The summed E-state index contributed by atoms with van der Waals surface area (Å²) in [7, 11) is 0. The summed E-state index contributed by atoms with van der Waals surface area (Å²) in [6.07, 6.45) is -3.93. The van der Waals surface area contributed by atoms with Crippen LogP contribution in [0.3, 0.4) is 0 Å². The van der Waals surface area contributed by atoms with E-state index in [9.17, 15) is 13.2 Å². The largest absolute Gasteiger partial charge is 0.434 e. The van der Waals surface area contributed by atoms with Crippen LogP contribution in [0.2, 0.25) is 0 Å². The maximum Gasteiger partial charge on any atom is 0.434 e. The first-order valence-corrected chi connectivity index (χ1v) is 7.74. The molecule has 0 amide bonds. The van der Waals surface area contributed by atoms with Crippen molar-refractivity contribution < 1.29 is 13.2 Å². The van der Waals surface area contributed by atoms with E-state index >= 15 is 0 Å². The molecule has 8 heteroatoms. The van der Waals surface area contributed by atoms with Crippen molar-refractivity contribution in [3.8, 4) is 0 Å². The predicted octanol–water partition coefficient (Wildman–Crippen LogP) is 2.92. The molecule has 0 bridgehead atoms. The molecule has 1 heterocycles. The summed E-state index contributed by atoms with van der Waals surface area (Å²) in [6, 6.07) is 0. The number of nitrogens with zero attached hydrogens (tertiary/aromatic N) is 2. The zero-order valence-electron chi connectivity index (χ0n) is 12.4. The molecule has 21 heavy (non-hydrogen) atoms. The van der Waals surface area contributed by atoms with Crippen molar-refractivity contribution in [2.45, 2.75) is 33.4 Å². The lowest BCUT2D eigenvalue weighted by Crippen LogP contribution is -2.38. The van der Waals surface area contributed by atoms with E-state index < -0.39 is 11.9 Å². The van der Waals surface area contributed by atoms with Gasteiger partial charge in [0, 0.05) is 31.4 Å². The van der Waals surface area contributed by atoms with Gasteiger partial charge >= 0.3 is 6.18 Å². The highest BCUT2D eigenvalue weighted by molar-refractivity contribution is 7.09. The normalized spacial score (nSPS) is 12.8. The third kappa shape index (κ3) is 6.79. The lowest BCUT2D eigenvalue weighted by Gasteiger charge is -2.11. The number of rotatable bonds is 6. The Labute approximate surface area is 126 Å². The smallest absolute Gasteiger partial charge is 0.357 e. The Morgan fingerprint density at radius 1 is 1.38 bits per heavy atom. The standard InChI is InChI=1S/C13H21F3N4S/c1-4-17-12(19-7-9(2)3)18-6-5-11-20-10(8-21-11)13(14,15)16/h8-9H,4-7H2,1-3H3,(H2,17,18,19). The molecule has 0 aliphatic carbocycles. The van der Waals surface area contributed by atoms with Gasteiger partial charge in [0.05, 0.1) is 5.01 Å². The van der Waals surface area contributed by atoms with Crippen LogP contribution in [0.15, 0.2) is 10.4 Å². The Kier molecular flexibility index (Phi) is 6.94. The molecular weight excluding hydrogens is 301 g/mol. The quantitative estimate of drug-likeness (QED) is 0.625. The molecule has 2 N–H and O–H groups in total. The van der Waals surface area contributed by atoms with Crippen molar-refractivity contribution in [1.29, 1.82) is 0 Å². The van der Waals surface area contributed by atoms with Gasteiger partial charge in [-0.2, -0.15) is 13.2 Å². The minimum atomic E-state index is -4.37. The summed E-state index contributed by atoms with van der Waals surface area (Å²) >= 11 is 1.03. The van der Waals surface area contributed by atoms with Crippen LogP contribution in [0.1, 0.15) is 31.5 Å². The Hall–Kier alpha value is -1.31. The van der Waals surface area contributed by atoms with Crippen LogP contribution in [0.5, 0.6) is 0 Å². The number of hydrogen-bond acceptors (Lipinski definition) is 3. The first-order valence-electron chi connectivity index (χ1n) is 6.86. The zero-order valence-corrected chi connectivity index (χ0v) is 13.2. The number of aromatic nitrogens is 1. The van der Waals surface area contributed by atoms with E-state index in [0.29, 0.717) is 36.4 Å². The number of halogens is 3. The van der Waals surface area contributed by atoms with Crippen LogP contribution >= 0.6 is 11.3 Å². The van der Waals surface area contributed by atoms with E-state index in [1.165, 1.54) is 0 Å². The van der Waals surface area contributed by atoms with Crippen molar-refractivity contribution in [2.24, 2.45) is 10.9 Å². The molecular formula is C13H21F3N4S. The van der Waals surface area contributed by atoms with E-state index in [2.05, 4.69) is 34.5 Å². The zero-order chi connectivity index (χ0) is 15.9. The molecule has 1 aromatic rings. The van der Waals surface area contributed by atoms with Crippen molar-refractivity contribution in [2.75, 3.05) is 19.6 Å². The summed E-state index contributed by atoms with van der Waals surface area (Å²) in [5.74, 6) is 1.13. The average molecular weight is 322 g/mol. The van der Waals surface area contributed by atoms with Crippen molar-refractivity contribution in [3.63, 3.8) is 0 Å². The first-order chi connectivity index (χ1) is 9.82. The van der Waals surface area contributed by atoms with Crippen molar-refractivity contribution >= 4 is 17.3 Å². The highest BCUT2D eigenvalue weighted by atomic mass is 32.1. The van der Waals surface area contributed by atoms with E-state index in [4.69, 9.17) is 0 Å². The number of guanidine groups is 1. The molecule has 0 radical (unpaired) electrons. The SMILES string of the molecule is CCNC(=NCC(C)C)NCCc1nc(C(F)(F)F)cs1. The predicted molar refractivity (Wildman–Crippen MR) is 79.6 cm³/mol. The molecule has 0 spiro atoms. The van der Waals surface area contributed by atoms with Gasteiger partial charge in [-0.05, 0) is 12.8 Å². The first kappa shape index (κ1) is 17.7. The minimum absolute atomic E-state index is 0.437. The van der Waals surface area contributed by atoms with Crippen LogP contribution in [-0.2, 0) is 12.6 Å². The second-order valence-corrected chi connectivity index (χ2v) is 5.86. The van der Waals surface area contributed by atoms with Gasteiger partial charge in [0.25, 0.3) is 0 Å². The molecule has 0 aliphatic heterocycles. The molecule has 0 saturated heterocycles. The third-order valence-electron chi connectivity index (χ3n) is 2.43. The van der Waals surface area contributed by atoms with E-state index in [1.807, 2.05) is 6.92 Å². The third-order valence-corrected chi connectivity index (χ3v) is 3.34. The molecule has 120 valence electrons. The van der Waals surface area contributed by atoms with Gasteiger partial charge in [-0.1, -0.05) is 13.8 Å². The second kappa shape index (κ2) is 8.21. The van der Waals surface area contributed by atoms with Gasteiger partial charge in [-0.25, -0.2) is 4.98 Å². The van der Waals surface area contributed by atoms with Gasteiger partial charge in [0.1, 0.15) is 0 Å². The maximum atomic E-state index is 12.4. The van der Waals surface area contributed by atoms with Gasteiger partial charge in [-0.15, -0.1) is 11.3 Å². The van der Waals surface area contributed by atoms with Gasteiger partial charge in [0.15, 0.2) is 11.7 Å². The molecule has 0 aromatic carbocycles. The molecule has 0 saturated carbocycles. The summed E-state index contributed by atoms with van der Waals surface area (Å²) < 4.78 is 37.3. The van der Waals surface area contributed by atoms with Crippen LogP contribution < -0.4 is 10.6 Å². The fraction of sp³-hybridized carbons (Fsp3) is 0.692. The molecule has 0 fully saturated rings. The second-order valence-electron chi connectivity index (χ2n) is 4.91. The summed E-state index contributed by atoms with van der Waals surface area (Å²) in [5, 5.41) is 7.71. The lowest BCUT2D eigenvalue weighted by atomic mass is 10.2. The summed E-state index contributed by atoms with van der Waals surface area (Å²) in [4.78, 5) is 7.98. The van der Waals surface area contributed by atoms with Crippen LogP contribution in [-0.4, -0.2) is 30.6 Å². The van der Waals surface area contributed by atoms with Gasteiger partial charge in [-0.3, -0.25) is 4.99 Å². The average Bonchev–Trinajstić information content (AvgIpc) is 2.84. The van der Waals surface area contributed by atoms with Gasteiger partial charge in [0.2, 0.25) is 0 Å². The Balaban J connectivity index is 2.46. The van der Waals surface area contributed by atoms with Crippen LogP contribution in [0.25, 0.3) is 0 Å². The Bertz CT molecular complexity index is 455. The molecule has 0 unspecified atom stereocenters. The fourth-order valence-corrected chi connectivity index (χ4v) is 2.26. The topological polar surface area (TPSA) is 49.3 Å². The molecule has 1 rings (SSSR count). The van der Waals surface area contributed by atoms with Crippen molar-refractivity contribution in [1.82, 2.24) is 15.6 Å². The molecule has 0 atom stereocenters. The van der Waals surface area contributed by atoms with E-state index in [0.717, 1.165) is 23.3 Å². The molecule has 1 aromatic heterocycles. The number of hydrogen-bond donors (Lipinski definition) is 2.